The van der Waals surface area contributed by atoms with Gasteiger partial charge in [0.15, 0.2) is 0 Å². The van der Waals surface area contributed by atoms with Crippen LogP contribution in [0.3, 0.4) is 0 Å². The van der Waals surface area contributed by atoms with Crippen LogP contribution in [0.25, 0.3) is 0 Å². The normalized spacial score (nSPS) is 28.9. The van der Waals surface area contributed by atoms with Crippen LogP contribution in [0.2, 0.25) is 0 Å². The summed E-state index contributed by atoms with van der Waals surface area (Å²) in [7, 11) is 0. The molecule has 20 heavy (non-hydrogen) atoms. The highest BCUT2D eigenvalue weighted by atomic mass is 16.4. The second-order valence-electron chi connectivity index (χ2n) is 6.66. The van der Waals surface area contributed by atoms with Crippen LogP contribution in [0.1, 0.15) is 39.5 Å². The fourth-order valence-corrected chi connectivity index (χ4v) is 3.40. The van der Waals surface area contributed by atoms with Crippen molar-refractivity contribution in [2.75, 3.05) is 26.2 Å². The van der Waals surface area contributed by atoms with Crippen molar-refractivity contribution in [1.29, 1.82) is 0 Å². The molecule has 0 aromatic heterocycles. The van der Waals surface area contributed by atoms with Crippen molar-refractivity contribution in [3.05, 3.63) is 0 Å². The first kappa shape index (κ1) is 15.3. The van der Waals surface area contributed by atoms with Crippen LogP contribution < -0.4 is 5.32 Å². The van der Waals surface area contributed by atoms with Crippen LogP contribution in [0.15, 0.2) is 0 Å². The molecular formula is C15H26N2O3. The van der Waals surface area contributed by atoms with E-state index in [2.05, 4.69) is 10.2 Å². The van der Waals surface area contributed by atoms with E-state index in [0.717, 1.165) is 13.0 Å². The Hall–Kier alpha value is -1.10. The summed E-state index contributed by atoms with van der Waals surface area (Å²) in [6.45, 7) is 7.72. The van der Waals surface area contributed by atoms with Crippen molar-refractivity contribution in [3.8, 4) is 0 Å². The standard InChI is InChI=1S/C15H26N2O3/c1-15(2)11(12(15)14(19)20)13(18)16-7-6-10-17-8-4-3-5-9-17/h11-12H,3-10H2,1-2H3,(H,16,18)(H,19,20)/t11-,12+/m1/s1. The Balaban J connectivity index is 1.65. The lowest BCUT2D eigenvalue weighted by Crippen LogP contribution is -2.34. The van der Waals surface area contributed by atoms with Crippen molar-refractivity contribution in [2.24, 2.45) is 17.3 Å². The van der Waals surface area contributed by atoms with Gasteiger partial charge in [0.2, 0.25) is 5.91 Å². The monoisotopic (exact) mass is 282 g/mol. The zero-order chi connectivity index (χ0) is 14.8. The number of likely N-dealkylation sites (tertiary alicyclic amines) is 1. The van der Waals surface area contributed by atoms with E-state index in [4.69, 9.17) is 5.11 Å². The van der Waals surface area contributed by atoms with Gasteiger partial charge in [-0.05, 0) is 44.3 Å². The number of amides is 1. The lowest BCUT2D eigenvalue weighted by atomic mass is 10.1. The summed E-state index contributed by atoms with van der Waals surface area (Å²) in [5.74, 6) is -1.84. The van der Waals surface area contributed by atoms with Gasteiger partial charge in [-0.2, -0.15) is 0 Å². The fraction of sp³-hybridized carbons (Fsp3) is 0.867. The number of carbonyl (C=O) groups is 2. The van der Waals surface area contributed by atoms with Gasteiger partial charge >= 0.3 is 5.97 Å². The number of piperidine rings is 1. The third-order valence-corrected chi connectivity index (χ3v) is 4.77. The minimum absolute atomic E-state index is 0.0963. The average molecular weight is 282 g/mol. The molecule has 0 aromatic rings. The van der Waals surface area contributed by atoms with Gasteiger partial charge in [0.05, 0.1) is 11.8 Å². The molecule has 1 aliphatic carbocycles. The third kappa shape index (κ3) is 3.32. The molecule has 1 saturated heterocycles. The Bertz CT molecular complexity index is 375. The molecule has 2 N–H and O–H groups in total. The van der Waals surface area contributed by atoms with Crippen LogP contribution in [0, 0.1) is 17.3 Å². The molecule has 2 fully saturated rings. The maximum Gasteiger partial charge on any atom is 0.307 e. The van der Waals surface area contributed by atoms with E-state index in [1.165, 1.54) is 32.4 Å². The van der Waals surface area contributed by atoms with Gasteiger partial charge in [-0.1, -0.05) is 20.3 Å². The quantitative estimate of drug-likeness (QED) is 0.721. The van der Waals surface area contributed by atoms with E-state index < -0.39 is 17.3 Å². The van der Waals surface area contributed by atoms with Crippen molar-refractivity contribution in [1.82, 2.24) is 10.2 Å². The van der Waals surface area contributed by atoms with Gasteiger partial charge in [0.1, 0.15) is 0 Å². The van der Waals surface area contributed by atoms with Gasteiger partial charge < -0.3 is 15.3 Å². The molecule has 0 aromatic carbocycles. The predicted octanol–water partition coefficient (Wildman–Crippen LogP) is 1.34. The summed E-state index contributed by atoms with van der Waals surface area (Å²) in [4.78, 5) is 25.5. The first-order chi connectivity index (χ1) is 9.44. The smallest absolute Gasteiger partial charge is 0.307 e. The Morgan fingerprint density at radius 1 is 1.20 bits per heavy atom. The highest BCUT2D eigenvalue weighted by Gasteiger charge is 2.65. The Morgan fingerprint density at radius 3 is 2.40 bits per heavy atom. The van der Waals surface area contributed by atoms with Crippen LogP contribution in [-0.4, -0.2) is 48.1 Å². The van der Waals surface area contributed by atoms with E-state index in [1.807, 2.05) is 13.8 Å². The topological polar surface area (TPSA) is 69.6 Å². The third-order valence-electron chi connectivity index (χ3n) is 4.77. The average Bonchev–Trinajstić information content (AvgIpc) is 2.99. The molecule has 1 saturated carbocycles. The predicted molar refractivity (Wildman–Crippen MR) is 76.3 cm³/mol. The SMILES string of the molecule is CC1(C)[C@H](C(=O)O)[C@@H]1C(=O)NCCCN1CCCCC1. The van der Waals surface area contributed by atoms with Gasteiger partial charge in [0.25, 0.3) is 0 Å². The number of carbonyl (C=O) groups excluding carboxylic acids is 1. The summed E-state index contributed by atoms with van der Waals surface area (Å²) >= 11 is 0. The Morgan fingerprint density at radius 2 is 1.85 bits per heavy atom. The van der Waals surface area contributed by atoms with Crippen LogP contribution in [-0.2, 0) is 9.59 Å². The largest absolute Gasteiger partial charge is 0.481 e. The lowest BCUT2D eigenvalue weighted by Gasteiger charge is -2.26. The summed E-state index contributed by atoms with van der Waals surface area (Å²) < 4.78 is 0. The van der Waals surface area contributed by atoms with Crippen LogP contribution >= 0.6 is 0 Å². The van der Waals surface area contributed by atoms with Crippen molar-refractivity contribution in [3.63, 3.8) is 0 Å². The van der Waals surface area contributed by atoms with E-state index in [1.54, 1.807) is 0 Å². The van der Waals surface area contributed by atoms with E-state index in [-0.39, 0.29) is 11.8 Å². The van der Waals surface area contributed by atoms with Gasteiger partial charge in [-0.3, -0.25) is 9.59 Å². The molecule has 2 atom stereocenters. The highest BCUT2D eigenvalue weighted by Crippen LogP contribution is 2.58. The van der Waals surface area contributed by atoms with E-state index >= 15 is 0 Å². The Labute approximate surface area is 120 Å². The fourth-order valence-electron chi connectivity index (χ4n) is 3.40. The minimum Gasteiger partial charge on any atom is -0.481 e. The van der Waals surface area contributed by atoms with Crippen molar-refractivity contribution in [2.45, 2.75) is 39.5 Å². The van der Waals surface area contributed by atoms with Crippen molar-refractivity contribution < 1.29 is 14.7 Å². The van der Waals surface area contributed by atoms with Gasteiger partial charge in [0, 0.05) is 6.54 Å². The van der Waals surface area contributed by atoms with Crippen LogP contribution in [0.4, 0.5) is 0 Å². The number of nitrogens with zero attached hydrogens (tertiary/aromatic N) is 1. The molecule has 5 nitrogen and oxygen atoms in total. The number of hydrogen-bond acceptors (Lipinski definition) is 3. The highest BCUT2D eigenvalue weighted by molar-refractivity contribution is 5.91. The van der Waals surface area contributed by atoms with Crippen LogP contribution in [0.5, 0.6) is 0 Å². The zero-order valence-electron chi connectivity index (χ0n) is 12.5. The molecule has 2 aliphatic rings. The molecular weight excluding hydrogens is 256 g/mol. The zero-order valence-corrected chi connectivity index (χ0v) is 12.5. The maximum atomic E-state index is 12.0. The Kier molecular flexibility index (Phi) is 4.68. The molecule has 0 radical (unpaired) electrons. The molecule has 1 heterocycles. The van der Waals surface area contributed by atoms with Gasteiger partial charge in [-0.25, -0.2) is 0 Å². The summed E-state index contributed by atoms with van der Waals surface area (Å²) in [5, 5.41) is 12.0. The molecule has 1 aliphatic heterocycles. The molecule has 114 valence electrons. The van der Waals surface area contributed by atoms with Gasteiger partial charge in [-0.15, -0.1) is 0 Å². The maximum absolute atomic E-state index is 12.0. The van der Waals surface area contributed by atoms with E-state index in [0.29, 0.717) is 6.54 Å². The first-order valence-corrected chi connectivity index (χ1v) is 7.67. The lowest BCUT2D eigenvalue weighted by molar-refractivity contribution is -0.140. The molecule has 1 amide bonds. The number of aliphatic carboxylic acids is 1. The number of carboxylic acid groups (broad SMARTS) is 1. The van der Waals surface area contributed by atoms with Crippen molar-refractivity contribution >= 4 is 11.9 Å². The summed E-state index contributed by atoms with van der Waals surface area (Å²) in [6.07, 6.45) is 4.84. The number of nitrogens with one attached hydrogen (secondary N) is 1. The first-order valence-electron chi connectivity index (χ1n) is 7.67. The number of hydrogen-bond donors (Lipinski definition) is 2. The summed E-state index contributed by atoms with van der Waals surface area (Å²) in [5.41, 5.74) is -0.400. The second-order valence-corrected chi connectivity index (χ2v) is 6.66. The summed E-state index contributed by atoms with van der Waals surface area (Å²) in [6, 6.07) is 0. The molecule has 0 spiro atoms. The minimum atomic E-state index is -0.858. The van der Waals surface area contributed by atoms with E-state index in [9.17, 15) is 9.59 Å². The molecule has 2 rings (SSSR count). The molecule has 5 heteroatoms. The number of carboxylic acids is 1. The number of rotatable bonds is 6. The molecule has 0 unspecified atom stereocenters. The molecule has 0 bridgehead atoms. The second kappa shape index (κ2) is 6.12.